The molecule has 20 heavy (non-hydrogen) atoms. The van der Waals surface area contributed by atoms with Crippen LogP contribution >= 0.6 is 15.9 Å². The summed E-state index contributed by atoms with van der Waals surface area (Å²) in [7, 11) is 0. The molecule has 2 aromatic rings. The first kappa shape index (κ1) is 14.4. The van der Waals surface area contributed by atoms with Crippen LogP contribution in [0.4, 0.5) is 13.2 Å². The van der Waals surface area contributed by atoms with E-state index in [1.807, 2.05) is 0 Å². The van der Waals surface area contributed by atoms with Gasteiger partial charge in [0.1, 0.15) is 29.2 Å². The van der Waals surface area contributed by atoms with Crippen LogP contribution in [0.5, 0.6) is 11.5 Å². The van der Waals surface area contributed by atoms with Gasteiger partial charge in [-0.3, -0.25) is 0 Å². The molecule has 0 bridgehead atoms. The van der Waals surface area contributed by atoms with Crippen LogP contribution in [0.15, 0.2) is 40.9 Å². The molecule has 2 nitrogen and oxygen atoms in total. The van der Waals surface area contributed by atoms with Crippen molar-refractivity contribution >= 4 is 15.9 Å². The molecule has 0 aromatic heterocycles. The zero-order valence-electron chi connectivity index (χ0n) is 9.91. The maximum absolute atomic E-state index is 13.6. The number of rotatable bonds is 3. The summed E-state index contributed by atoms with van der Waals surface area (Å²) in [4.78, 5) is 0. The second kappa shape index (κ2) is 5.97. The first-order valence-corrected chi connectivity index (χ1v) is 6.26. The van der Waals surface area contributed by atoms with E-state index in [-0.39, 0.29) is 17.1 Å². The summed E-state index contributed by atoms with van der Waals surface area (Å²) >= 11 is 3.11. The van der Waals surface area contributed by atoms with E-state index in [1.165, 1.54) is 18.2 Å². The molecule has 0 heterocycles. The van der Waals surface area contributed by atoms with Crippen molar-refractivity contribution in [1.29, 1.82) is 5.26 Å². The second-order valence-corrected chi connectivity index (χ2v) is 4.70. The third kappa shape index (κ3) is 3.11. The zero-order chi connectivity index (χ0) is 14.7. The normalized spacial score (nSPS) is 11.8. The highest BCUT2D eigenvalue weighted by atomic mass is 79.9. The Labute approximate surface area is 121 Å². The van der Waals surface area contributed by atoms with Crippen LogP contribution in [0.3, 0.4) is 0 Å². The predicted molar refractivity (Wildman–Crippen MR) is 70.0 cm³/mol. The SMILES string of the molecule is N#CC(F)c1c(Br)cccc1Oc1cc(F)cc(F)c1. The largest absolute Gasteiger partial charge is 0.457 e. The third-order valence-corrected chi connectivity index (χ3v) is 3.14. The number of halogens is 4. The Morgan fingerprint density at radius 3 is 2.40 bits per heavy atom. The molecule has 0 aliphatic carbocycles. The van der Waals surface area contributed by atoms with E-state index in [4.69, 9.17) is 10.00 Å². The van der Waals surface area contributed by atoms with Crippen LogP contribution < -0.4 is 4.74 Å². The zero-order valence-corrected chi connectivity index (χ0v) is 11.5. The van der Waals surface area contributed by atoms with Crippen molar-refractivity contribution < 1.29 is 17.9 Å². The average molecular weight is 342 g/mol. The van der Waals surface area contributed by atoms with Crippen LogP contribution in [0.25, 0.3) is 0 Å². The van der Waals surface area contributed by atoms with Crippen molar-refractivity contribution in [3.8, 4) is 17.6 Å². The van der Waals surface area contributed by atoms with Crippen molar-refractivity contribution in [2.24, 2.45) is 0 Å². The predicted octanol–water partition coefficient (Wildman–Crippen LogP) is 5.05. The standard InChI is InChI=1S/C14H7BrF3NO/c15-11-2-1-3-13(14(11)12(18)7-19)20-10-5-8(16)4-9(17)6-10/h1-6,12H. The molecular weight excluding hydrogens is 335 g/mol. The van der Waals surface area contributed by atoms with Gasteiger partial charge >= 0.3 is 0 Å². The van der Waals surface area contributed by atoms with Gasteiger partial charge in [-0.1, -0.05) is 22.0 Å². The van der Waals surface area contributed by atoms with Crippen molar-refractivity contribution in [3.05, 3.63) is 58.1 Å². The Morgan fingerprint density at radius 1 is 1.15 bits per heavy atom. The van der Waals surface area contributed by atoms with Crippen LogP contribution in [0.2, 0.25) is 0 Å². The smallest absolute Gasteiger partial charge is 0.215 e. The quantitative estimate of drug-likeness (QED) is 0.782. The van der Waals surface area contributed by atoms with Gasteiger partial charge in [-0.05, 0) is 12.1 Å². The van der Waals surface area contributed by atoms with Gasteiger partial charge in [0.15, 0.2) is 0 Å². The molecule has 0 spiro atoms. The highest BCUT2D eigenvalue weighted by Crippen LogP contribution is 2.36. The molecule has 2 aromatic carbocycles. The summed E-state index contributed by atoms with van der Waals surface area (Å²) < 4.78 is 45.4. The van der Waals surface area contributed by atoms with Gasteiger partial charge in [0.2, 0.25) is 6.17 Å². The van der Waals surface area contributed by atoms with Gasteiger partial charge in [-0.15, -0.1) is 0 Å². The second-order valence-electron chi connectivity index (χ2n) is 3.85. The minimum Gasteiger partial charge on any atom is -0.457 e. The number of benzene rings is 2. The van der Waals surface area contributed by atoms with Crippen molar-refractivity contribution in [2.75, 3.05) is 0 Å². The van der Waals surface area contributed by atoms with Gasteiger partial charge in [-0.25, -0.2) is 13.2 Å². The lowest BCUT2D eigenvalue weighted by molar-refractivity contribution is 0.397. The third-order valence-electron chi connectivity index (χ3n) is 2.44. The van der Waals surface area contributed by atoms with Gasteiger partial charge in [0.25, 0.3) is 0 Å². The van der Waals surface area contributed by atoms with E-state index in [9.17, 15) is 13.2 Å². The van der Waals surface area contributed by atoms with E-state index >= 15 is 0 Å². The molecule has 0 aliphatic heterocycles. The lowest BCUT2D eigenvalue weighted by Gasteiger charge is -2.12. The minimum atomic E-state index is -1.92. The van der Waals surface area contributed by atoms with E-state index < -0.39 is 17.8 Å². The first-order chi connectivity index (χ1) is 9.51. The van der Waals surface area contributed by atoms with Gasteiger partial charge in [0.05, 0.1) is 5.56 Å². The highest BCUT2D eigenvalue weighted by Gasteiger charge is 2.19. The monoisotopic (exact) mass is 341 g/mol. The fraction of sp³-hybridized carbons (Fsp3) is 0.0714. The summed E-state index contributed by atoms with van der Waals surface area (Å²) in [5.74, 6) is -1.73. The molecule has 0 fully saturated rings. The number of nitrogens with zero attached hydrogens (tertiary/aromatic N) is 1. The van der Waals surface area contributed by atoms with Crippen molar-refractivity contribution in [1.82, 2.24) is 0 Å². The van der Waals surface area contributed by atoms with E-state index in [2.05, 4.69) is 15.9 Å². The minimum absolute atomic E-state index is 0.0124. The fourth-order valence-electron chi connectivity index (χ4n) is 1.63. The Morgan fingerprint density at radius 2 is 1.80 bits per heavy atom. The number of ether oxygens (including phenoxy) is 1. The summed E-state index contributed by atoms with van der Waals surface area (Å²) in [5.41, 5.74) is -0.0281. The summed E-state index contributed by atoms with van der Waals surface area (Å²) in [6.07, 6.45) is -1.92. The van der Waals surface area contributed by atoms with Crippen molar-refractivity contribution in [3.63, 3.8) is 0 Å². The number of hydrogen-bond acceptors (Lipinski definition) is 2. The molecular formula is C14H7BrF3NO. The molecule has 1 atom stereocenters. The van der Waals surface area contributed by atoms with Crippen LogP contribution in [0.1, 0.15) is 11.7 Å². The average Bonchev–Trinajstić information content (AvgIpc) is 2.37. The fourth-order valence-corrected chi connectivity index (χ4v) is 2.18. The Hall–Kier alpha value is -2.00. The molecule has 0 aliphatic rings. The molecule has 2 rings (SSSR count). The maximum Gasteiger partial charge on any atom is 0.215 e. The summed E-state index contributed by atoms with van der Waals surface area (Å²) in [5, 5.41) is 8.67. The van der Waals surface area contributed by atoms with E-state index in [0.29, 0.717) is 10.5 Å². The lowest BCUT2D eigenvalue weighted by atomic mass is 10.1. The summed E-state index contributed by atoms with van der Waals surface area (Å²) in [6.45, 7) is 0. The van der Waals surface area contributed by atoms with Crippen LogP contribution in [-0.4, -0.2) is 0 Å². The van der Waals surface area contributed by atoms with Gasteiger partial charge < -0.3 is 4.74 Å². The number of nitriles is 1. The molecule has 0 N–H and O–H groups in total. The topological polar surface area (TPSA) is 33.0 Å². The molecule has 0 saturated heterocycles. The molecule has 0 saturated carbocycles. The number of alkyl halides is 1. The van der Waals surface area contributed by atoms with Gasteiger partial charge in [-0.2, -0.15) is 5.26 Å². The highest BCUT2D eigenvalue weighted by molar-refractivity contribution is 9.10. The maximum atomic E-state index is 13.6. The Bertz CT molecular complexity index is 664. The molecule has 1 unspecified atom stereocenters. The lowest BCUT2D eigenvalue weighted by Crippen LogP contribution is -1.96. The van der Waals surface area contributed by atoms with Gasteiger partial charge in [0, 0.05) is 22.7 Å². The molecule has 6 heteroatoms. The molecule has 0 radical (unpaired) electrons. The molecule has 0 amide bonds. The Kier molecular flexibility index (Phi) is 4.30. The van der Waals surface area contributed by atoms with Crippen molar-refractivity contribution in [2.45, 2.75) is 6.17 Å². The van der Waals surface area contributed by atoms with E-state index in [1.54, 1.807) is 6.07 Å². The van der Waals surface area contributed by atoms with E-state index in [0.717, 1.165) is 12.1 Å². The van der Waals surface area contributed by atoms with Crippen LogP contribution in [-0.2, 0) is 0 Å². The summed E-state index contributed by atoms with van der Waals surface area (Å²) in [6, 6.07) is 8.58. The Balaban J connectivity index is 2.44. The molecule has 102 valence electrons. The first-order valence-electron chi connectivity index (χ1n) is 5.47. The number of hydrogen-bond donors (Lipinski definition) is 0. The van der Waals surface area contributed by atoms with Crippen LogP contribution in [0, 0.1) is 23.0 Å².